The lowest BCUT2D eigenvalue weighted by molar-refractivity contribution is -0.134. The maximum absolute atomic E-state index is 9.55. The Balaban J connectivity index is 0.000000392. The number of piperazine rings is 1. The Bertz CT molecular complexity index is 1100. The maximum atomic E-state index is 9.55. The molecular formula is C28H30ClN3O4. The van der Waals surface area contributed by atoms with Crippen molar-refractivity contribution in [3.05, 3.63) is 107 Å². The molecule has 1 aliphatic heterocycles. The minimum atomic E-state index is -1.26. The molecule has 1 fully saturated rings. The first-order valence-electron chi connectivity index (χ1n) is 11.7. The third kappa shape index (κ3) is 8.83. The molecule has 2 heterocycles. The number of halogens is 1. The van der Waals surface area contributed by atoms with E-state index in [0.29, 0.717) is 18.1 Å². The summed E-state index contributed by atoms with van der Waals surface area (Å²) in [5.41, 5.74) is 2.71. The van der Waals surface area contributed by atoms with E-state index in [-0.39, 0.29) is 0 Å². The van der Waals surface area contributed by atoms with E-state index < -0.39 is 11.9 Å². The molecule has 2 N–H and O–H groups in total. The molecule has 0 radical (unpaired) electrons. The molecule has 1 aliphatic rings. The monoisotopic (exact) mass is 507 g/mol. The fourth-order valence-corrected chi connectivity index (χ4v) is 4.23. The molecule has 2 aromatic carbocycles. The van der Waals surface area contributed by atoms with Crippen LogP contribution in [0.2, 0.25) is 5.02 Å². The number of benzene rings is 2. The molecule has 0 bridgehead atoms. The smallest absolute Gasteiger partial charge is 0.328 e. The minimum absolute atomic E-state index is 0.396. The Kier molecular flexibility index (Phi) is 10.5. The van der Waals surface area contributed by atoms with Gasteiger partial charge in [-0.2, -0.15) is 0 Å². The summed E-state index contributed by atoms with van der Waals surface area (Å²) in [5.74, 6) is -1.03. The molecule has 1 unspecified atom stereocenters. The van der Waals surface area contributed by atoms with E-state index in [4.69, 9.17) is 21.8 Å². The van der Waals surface area contributed by atoms with Crippen LogP contribution in [0.4, 0.5) is 5.82 Å². The molecule has 7 nitrogen and oxygen atoms in total. The number of rotatable bonds is 8. The van der Waals surface area contributed by atoms with Crippen LogP contribution < -0.4 is 4.90 Å². The third-order valence-corrected chi connectivity index (χ3v) is 6.17. The molecule has 0 aliphatic carbocycles. The SMILES string of the molecule is Clc1ccc(C(CCN2CCN(c3ccccn3)CC2)c2ccccc2)cc1.O=C(O)/C=C\C(=O)O. The van der Waals surface area contributed by atoms with Gasteiger partial charge in [0.2, 0.25) is 0 Å². The predicted octanol–water partition coefficient (Wildman–Crippen LogP) is 4.79. The first-order chi connectivity index (χ1) is 17.4. The highest BCUT2D eigenvalue weighted by Gasteiger charge is 2.20. The van der Waals surface area contributed by atoms with Crippen LogP contribution in [-0.2, 0) is 9.59 Å². The van der Waals surface area contributed by atoms with E-state index in [1.165, 1.54) is 11.1 Å². The van der Waals surface area contributed by atoms with Gasteiger partial charge in [-0.05, 0) is 48.4 Å². The summed E-state index contributed by atoms with van der Waals surface area (Å²) in [7, 11) is 0. The molecule has 0 amide bonds. The number of carbonyl (C=O) groups is 2. The van der Waals surface area contributed by atoms with Gasteiger partial charge in [0, 0.05) is 55.5 Å². The fraction of sp³-hybridized carbons (Fsp3) is 0.250. The number of pyridine rings is 1. The van der Waals surface area contributed by atoms with Crippen LogP contribution in [0.25, 0.3) is 0 Å². The van der Waals surface area contributed by atoms with E-state index in [9.17, 15) is 9.59 Å². The molecule has 4 rings (SSSR count). The quantitative estimate of drug-likeness (QED) is 0.423. The van der Waals surface area contributed by atoms with Crippen molar-refractivity contribution >= 4 is 29.4 Å². The lowest BCUT2D eigenvalue weighted by Gasteiger charge is -2.36. The first kappa shape index (κ1) is 26.9. The Morgan fingerprint density at radius 2 is 1.42 bits per heavy atom. The van der Waals surface area contributed by atoms with Crippen LogP contribution >= 0.6 is 11.6 Å². The van der Waals surface area contributed by atoms with Crippen molar-refractivity contribution in [3.63, 3.8) is 0 Å². The van der Waals surface area contributed by atoms with Gasteiger partial charge in [-0.3, -0.25) is 4.90 Å². The molecule has 3 aromatic rings. The van der Waals surface area contributed by atoms with Gasteiger partial charge in [-0.25, -0.2) is 14.6 Å². The van der Waals surface area contributed by atoms with Crippen molar-refractivity contribution < 1.29 is 19.8 Å². The van der Waals surface area contributed by atoms with Gasteiger partial charge in [0.25, 0.3) is 0 Å². The van der Waals surface area contributed by atoms with E-state index in [2.05, 4.69) is 69.4 Å². The van der Waals surface area contributed by atoms with Gasteiger partial charge in [-0.15, -0.1) is 0 Å². The van der Waals surface area contributed by atoms with E-state index in [0.717, 1.165) is 50.0 Å². The number of carboxylic acids is 2. The highest BCUT2D eigenvalue weighted by atomic mass is 35.5. The Morgan fingerprint density at radius 1 is 0.833 bits per heavy atom. The topological polar surface area (TPSA) is 94.0 Å². The zero-order valence-corrected chi connectivity index (χ0v) is 20.7. The van der Waals surface area contributed by atoms with Gasteiger partial charge < -0.3 is 15.1 Å². The Morgan fingerprint density at radius 3 is 1.97 bits per heavy atom. The molecule has 1 atom stereocenters. The molecule has 0 saturated carbocycles. The molecule has 0 spiro atoms. The number of aliphatic carboxylic acids is 2. The lowest BCUT2D eigenvalue weighted by Crippen LogP contribution is -2.47. The van der Waals surface area contributed by atoms with E-state index >= 15 is 0 Å². The van der Waals surface area contributed by atoms with Gasteiger partial charge in [0.05, 0.1) is 0 Å². The van der Waals surface area contributed by atoms with E-state index in [1.54, 1.807) is 0 Å². The number of hydrogen-bond acceptors (Lipinski definition) is 5. The fourth-order valence-electron chi connectivity index (χ4n) is 4.10. The predicted molar refractivity (Wildman–Crippen MR) is 142 cm³/mol. The van der Waals surface area contributed by atoms with Crippen LogP contribution in [0.5, 0.6) is 0 Å². The Hall–Kier alpha value is -3.68. The maximum Gasteiger partial charge on any atom is 0.328 e. The summed E-state index contributed by atoms with van der Waals surface area (Å²) < 4.78 is 0. The summed E-state index contributed by atoms with van der Waals surface area (Å²) >= 11 is 6.11. The van der Waals surface area contributed by atoms with E-state index in [1.807, 2.05) is 24.4 Å². The third-order valence-electron chi connectivity index (χ3n) is 5.92. The van der Waals surface area contributed by atoms with Gasteiger partial charge in [0.15, 0.2) is 0 Å². The van der Waals surface area contributed by atoms with Crippen molar-refractivity contribution in [2.45, 2.75) is 12.3 Å². The van der Waals surface area contributed by atoms with Crippen LogP contribution in [0, 0.1) is 0 Å². The number of aromatic nitrogens is 1. The average Bonchev–Trinajstić information content (AvgIpc) is 2.90. The molecule has 188 valence electrons. The zero-order valence-electron chi connectivity index (χ0n) is 19.9. The first-order valence-corrected chi connectivity index (χ1v) is 12.1. The number of nitrogens with zero attached hydrogens (tertiary/aromatic N) is 3. The van der Waals surface area contributed by atoms with Crippen molar-refractivity contribution in [2.24, 2.45) is 0 Å². The highest BCUT2D eigenvalue weighted by Crippen LogP contribution is 2.29. The zero-order chi connectivity index (χ0) is 25.8. The molecular weight excluding hydrogens is 478 g/mol. The standard InChI is InChI=1S/C24H26ClN3.C4H4O4/c25-22-11-9-21(10-12-22)23(20-6-2-1-3-7-20)13-15-27-16-18-28(19-17-27)24-8-4-5-14-26-24;5-3(6)1-2-4(7)8/h1-12,14,23H,13,15-19H2;1-2H,(H,5,6)(H,7,8)/b;2-1-. The minimum Gasteiger partial charge on any atom is -0.478 e. The molecule has 36 heavy (non-hydrogen) atoms. The lowest BCUT2D eigenvalue weighted by atomic mass is 9.88. The number of hydrogen-bond donors (Lipinski definition) is 2. The summed E-state index contributed by atoms with van der Waals surface area (Å²) in [6.07, 6.45) is 4.10. The average molecular weight is 508 g/mol. The van der Waals surface area contributed by atoms with Crippen LogP contribution in [-0.4, -0.2) is 64.8 Å². The summed E-state index contributed by atoms with van der Waals surface area (Å²) in [5, 5.41) is 16.4. The largest absolute Gasteiger partial charge is 0.478 e. The summed E-state index contributed by atoms with van der Waals surface area (Å²) in [4.78, 5) is 28.5. The van der Waals surface area contributed by atoms with Gasteiger partial charge in [-0.1, -0.05) is 60.1 Å². The van der Waals surface area contributed by atoms with Crippen LogP contribution in [0.3, 0.4) is 0 Å². The summed E-state index contributed by atoms with van der Waals surface area (Å²) in [6.45, 7) is 5.33. The molecule has 1 saturated heterocycles. The summed E-state index contributed by atoms with van der Waals surface area (Å²) in [6, 6.07) is 25.3. The van der Waals surface area contributed by atoms with Crippen LogP contribution in [0.15, 0.2) is 91.1 Å². The van der Waals surface area contributed by atoms with Crippen molar-refractivity contribution in [2.75, 3.05) is 37.6 Å². The van der Waals surface area contributed by atoms with Gasteiger partial charge >= 0.3 is 11.9 Å². The second kappa shape index (κ2) is 14.0. The molecule has 8 heteroatoms. The number of carboxylic acid groups (broad SMARTS) is 2. The highest BCUT2D eigenvalue weighted by molar-refractivity contribution is 6.30. The van der Waals surface area contributed by atoms with Crippen molar-refractivity contribution in [3.8, 4) is 0 Å². The number of anilines is 1. The van der Waals surface area contributed by atoms with Gasteiger partial charge in [0.1, 0.15) is 5.82 Å². The second-order valence-electron chi connectivity index (χ2n) is 8.33. The van der Waals surface area contributed by atoms with Crippen molar-refractivity contribution in [1.29, 1.82) is 0 Å². The normalized spacial score (nSPS) is 14.6. The Labute approximate surface area is 216 Å². The second-order valence-corrected chi connectivity index (χ2v) is 8.77. The molecule has 1 aromatic heterocycles. The van der Waals surface area contributed by atoms with Crippen LogP contribution in [0.1, 0.15) is 23.5 Å². The van der Waals surface area contributed by atoms with Crippen molar-refractivity contribution in [1.82, 2.24) is 9.88 Å².